The van der Waals surface area contributed by atoms with Crippen molar-refractivity contribution in [3.05, 3.63) is 47.9 Å². The van der Waals surface area contributed by atoms with Crippen molar-refractivity contribution in [2.45, 2.75) is 50.7 Å². The van der Waals surface area contributed by atoms with Crippen LogP contribution in [0.3, 0.4) is 0 Å². The highest BCUT2D eigenvalue weighted by atomic mass is 16.5. The molecule has 6 rings (SSSR count). The van der Waals surface area contributed by atoms with Crippen molar-refractivity contribution < 1.29 is 14.3 Å². The molecule has 2 aliphatic heterocycles. The van der Waals surface area contributed by atoms with Gasteiger partial charge in [0.1, 0.15) is 23.0 Å². The van der Waals surface area contributed by atoms with Crippen molar-refractivity contribution >= 4 is 23.2 Å². The molecule has 3 aromatic heterocycles. The van der Waals surface area contributed by atoms with E-state index in [0.717, 1.165) is 30.0 Å². The van der Waals surface area contributed by atoms with Crippen LogP contribution in [0.5, 0.6) is 5.75 Å². The van der Waals surface area contributed by atoms with Crippen LogP contribution in [-0.2, 0) is 10.2 Å². The maximum Gasteiger partial charge on any atom is 0.262 e. The van der Waals surface area contributed by atoms with Gasteiger partial charge in [-0.3, -0.25) is 4.79 Å². The number of carbonyl (C=O) groups is 1. The summed E-state index contributed by atoms with van der Waals surface area (Å²) in [4.78, 5) is 24.5. The van der Waals surface area contributed by atoms with Crippen LogP contribution < -0.4 is 15.0 Å². The van der Waals surface area contributed by atoms with Gasteiger partial charge in [0, 0.05) is 38.0 Å². The first-order valence-corrected chi connectivity index (χ1v) is 11.0. The number of pyridine rings is 2. The van der Waals surface area contributed by atoms with Crippen LogP contribution >= 0.6 is 0 Å². The van der Waals surface area contributed by atoms with Crippen LogP contribution in [0.1, 0.15) is 49.7 Å². The van der Waals surface area contributed by atoms with Gasteiger partial charge in [0.2, 0.25) is 0 Å². The zero-order chi connectivity index (χ0) is 22.7. The maximum atomic E-state index is 13.2. The number of nitrogens with one attached hydrogen (secondary N) is 1. The summed E-state index contributed by atoms with van der Waals surface area (Å²) in [6, 6.07) is 7.37. The van der Waals surface area contributed by atoms with Crippen molar-refractivity contribution in [3.63, 3.8) is 0 Å². The van der Waals surface area contributed by atoms with Gasteiger partial charge >= 0.3 is 0 Å². The summed E-state index contributed by atoms with van der Waals surface area (Å²) in [5.41, 5.74) is 2.18. The van der Waals surface area contributed by atoms with Gasteiger partial charge in [0.25, 0.3) is 5.91 Å². The number of anilines is 2. The molecule has 0 unspecified atom stereocenters. The van der Waals surface area contributed by atoms with Gasteiger partial charge in [-0.15, -0.1) is 0 Å². The van der Waals surface area contributed by atoms with E-state index < -0.39 is 0 Å². The molecule has 3 aliphatic rings. The molecule has 8 heteroatoms. The van der Waals surface area contributed by atoms with Gasteiger partial charge in [-0.05, 0) is 45.7 Å². The molecule has 1 amide bonds. The van der Waals surface area contributed by atoms with Crippen molar-refractivity contribution in [3.8, 4) is 5.75 Å². The number of rotatable bonds is 6. The van der Waals surface area contributed by atoms with Gasteiger partial charge in [-0.2, -0.15) is 0 Å². The third-order valence-corrected chi connectivity index (χ3v) is 6.26. The number of ether oxygens (including phenoxy) is 2. The van der Waals surface area contributed by atoms with Crippen molar-refractivity contribution in [2.24, 2.45) is 0 Å². The van der Waals surface area contributed by atoms with Crippen LogP contribution in [-0.4, -0.2) is 52.7 Å². The molecule has 3 fully saturated rings. The fourth-order valence-electron chi connectivity index (χ4n) is 4.87. The van der Waals surface area contributed by atoms with E-state index in [1.54, 1.807) is 12.3 Å². The summed E-state index contributed by atoms with van der Waals surface area (Å²) in [6.07, 6.45) is 5.70. The minimum Gasteiger partial charge on any atom is -0.490 e. The number of hydrogen-bond donors (Lipinski definition) is 1. The standard InChI is InChI=1S/C24H29N5O3/c1-15(2)32-17-9-21-25-18(24-12-23(3,13-24)31-14-24)11-29(21)10-16(17)22(30)27-19-7-6-8-20(26-19)28(4)5/h6-11,15H,12-14H2,1-5H3,(H,26,27,30). The Morgan fingerprint density at radius 2 is 2.03 bits per heavy atom. The summed E-state index contributed by atoms with van der Waals surface area (Å²) >= 11 is 0. The normalized spacial score (nSPS) is 23.9. The molecule has 168 valence electrons. The second kappa shape index (κ2) is 7.20. The van der Waals surface area contributed by atoms with Crippen LogP contribution in [0.15, 0.2) is 36.7 Å². The van der Waals surface area contributed by atoms with Gasteiger partial charge in [-0.25, -0.2) is 9.97 Å². The Kier molecular flexibility index (Phi) is 4.67. The molecule has 0 radical (unpaired) electrons. The first-order chi connectivity index (χ1) is 15.2. The topological polar surface area (TPSA) is 81.0 Å². The average molecular weight is 436 g/mol. The molecule has 1 aliphatic carbocycles. The lowest BCUT2D eigenvalue weighted by molar-refractivity contribution is 0.0154. The molecule has 5 heterocycles. The van der Waals surface area contributed by atoms with Gasteiger partial charge in [-0.1, -0.05) is 6.07 Å². The van der Waals surface area contributed by atoms with E-state index >= 15 is 0 Å². The van der Waals surface area contributed by atoms with E-state index in [1.165, 1.54) is 0 Å². The number of aromatic nitrogens is 3. The molecule has 0 atom stereocenters. The van der Waals surface area contributed by atoms with E-state index in [1.807, 2.05) is 61.6 Å². The van der Waals surface area contributed by atoms with Crippen molar-refractivity contribution in [1.29, 1.82) is 0 Å². The average Bonchev–Trinajstić information content (AvgIpc) is 3.37. The summed E-state index contributed by atoms with van der Waals surface area (Å²) < 4.78 is 13.8. The Morgan fingerprint density at radius 1 is 1.25 bits per heavy atom. The molecule has 0 spiro atoms. The highest BCUT2D eigenvalue weighted by Gasteiger charge is 2.61. The number of imidazole rings is 1. The zero-order valence-electron chi connectivity index (χ0n) is 19.2. The lowest BCUT2D eigenvalue weighted by atomic mass is 9.62. The van der Waals surface area contributed by atoms with Crippen molar-refractivity contribution in [2.75, 3.05) is 30.9 Å². The highest BCUT2D eigenvalue weighted by molar-refractivity contribution is 6.06. The number of fused-ring (bicyclic) bond motifs is 2. The lowest BCUT2D eigenvalue weighted by Crippen LogP contribution is -2.45. The first kappa shape index (κ1) is 20.8. The van der Waals surface area contributed by atoms with Gasteiger partial charge in [0.05, 0.1) is 29.6 Å². The Hall–Kier alpha value is -3.13. The smallest absolute Gasteiger partial charge is 0.262 e. The van der Waals surface area contributed by atoms with Crippen LogP contribution in [0.25, 0.3) is 5.65 Å². The SMILES string of the molecule is CC(C)Oc1cc2nc(C34COC(C)(C3)C4)cn2cc1C(=O)Nc1cccc(N(C)C)n1. The zero-order valence-corrected chi connectivity index (χ0v) is 19.2. The Morgan fingerprint density at radius 3 is 2.69 bits per heavy atom. The lowest BCUT2D eigenvalue weighted by Gasteiger charge is -2.41. The molecule has 2 bridgehead atoms. The Bertz CT molecular complexity index is 1190. The maximum absolute atomic E-state index is 13.2. The number of nitrogens with zero attached hydrogens (tertiary/aromatic N) is 4. The van der Waals surface area contributed by atoms with Crippen molar-refractivity contribution in [1.82, 2.24) is 14.4 Å². The highest BCUT2D eigenvalue weighted by Crippen LogP contribution is 2.58. The largest absolute Gasteiger partial charge is 0.490 e. The summed E-state index contributed by atoms with van der Waals surface area (Å²) in [5, 5.41) is 2.90. The first-order valence-electron chi connectivity index (χ1n) is 11.0. The summed E-state index contributed by atoms with van der Waals surface area (Å²) in [6.45, 7) is 6.73. The molecule has 32 heavy (non-hydrogen) atoms. The van der Waals surface area contributed by atoms with Crippen LogP contribution in [0, 0.1) is 0 Å². The van der Waals surface area contributed by atoms with Gasteiger partial charge in [0.15, 0.2) is 0 Å². The minimum absolute atomic E-state index is 0.0130. The summed E-state index contributed by atoms with van der Waals surface area (Å²) in [5.74, 6) is 1.48. The number of amides is 1. The molecule has 8 nitrogen and oxygen atoms in total. The molecular formula is C24H29N5O3. The Balaban J connectivity index is 1.49. The second-order valence-electron chi connectivity index (χ2n) is 9.71. The van der Waals surface area contributed by atoms with E-state index in [2.05, 4.69) is 17.2 Å². The monoisotopic (exact) mass is 435 g/mol. The van der Waals surface area contributed by atoms with Gasteiger partial charge < -0.3 is 24.1 Å². The predicted octanol–water partition coefficient (Wildman–Crippen LogP) is 3.66. The predicted molar refractivity (Wildman–Crippen MR) is 123 cm³/mol. The Labute approximate surface area is 187 Å². The second-order valence-corrected chi connectivity index (χ2v) is 9.71. The fraction of sp³-hybridized carbons (Fsp3) is 0.458. The number of carbonyl (C=O) groups excluding carboxylic acids is 1. The summed E-state index contributed by atoms with van der Waals surface area (Å²) in [7, 11) is 3.82. The third kappa shape index (κ3) is 3.48. The minimum atomic E-state index is -0.278. The molecule has 1 saturated carbocycles. The molecule has 2 saturated heterocycles. The number of hydrogen-bond acceptors (Lipinski definition) is 6. The van der Waals surface area contributed by atoms with Crippen LogP contribution in [0.4, 0.5) is 11.6 Å². The quantitative estimate of drug-likeness (QED) is 0.637. The van der Waals surface area contributed by atoms with E-state index in [4.69, 9.17) is 14.5 Å². The third-order valence-electron chi connectivity index (χ3n) is 6.26. The molecule has 0 aromatic carbocycles. The van der Waals surface area contributed by atoms with Crippen LogP contribution in [0.2, 0.25) is 0 Å². The van der Waals surface area contributed by atoms with E-state index in [0.29, 0.717) is 23.7 Å². The fourth-order valence-corrected chi connectivity index (χ4v) is 4.87. The van der Waals surface area contributed by atoms with E-state index in [-0.39, 0.29) is 23.0 Å². The van der Waals surface area contributed by atoms with E-state index in [9.17, 15) is 4.79 Å². The molecular weight excluding hydrogens is 406 g/mol. The molecule has 1 N–H and O–H groups in total. The molecule has 3 aromatic rings.